The lowest BCUT2D eigenvalue weighted by atomic mass is 9.90. The van der Waals surface area contributed by atoms with E-state index in [0.717, 1.165) is 11.1 Å². The van der Waals surface area contributed by atoms with Gasteiger partial charge in [0.15, 0.2) is 17.5 Å². The highest BCUT2D eigenvalue weighted by atomic mass is 19.2. The molecule has 1 fully saturated rings. The number of likely N-dealkylation sites (tertiary alicyclic amines) is 1. The summed E-state index contributed by atoms with van der Waals surface area (Å²) in [6.07, 6.45) is 2.93. The zero-order valence-corrected chi connectivity index (χ0v) is 19.3. The Morgan fingerprint density at radius 1 is 1.11 bits per heavy atom. The first-order valence-electron chi connectivity index (χ1n) is 11.3. The van der Waals surface area contributed by atoms with Gasteiger partial charge in [0.1, 0.15) is 30.3 Å². The van der Waals surface area contributed by atoms with E-state index in [1.807, 2.05) is 47.0 Å². The van der Waals surface area contributed by atoms with Crippen molar-refractivity contribution in [1.29, 1.82) is 0 Å². The van der Waals surface area contributed by atoms with Crippen molar-refractivity contribution >= 4 is 0 Å². The first-order chi connectivity index (χ1) is 16.7. The highest BCUT2D eigenvalue weighted by Crippen LogP contribution is 2.27. The molecule has 3 aromatic rings. The Morgan fingerprint density at radius 2 is 1.89 bits per heavy atom. The van der Waals surface area contributed by atoms with E-state index in [9.17, 15) is 23.4 Å². The summed E-state index contributed by atoms with van der Waals surface area (Å²) in [6.45, 7) is 3.74. The molecule has 188 valence electrons. The van der Waals surface area contributed by atoms with Crippen molar-refractivity contribution in [2.24, 2.45) is 0 Å². The molecule has 0 saturated carbocycles. The second kappa shape index (κ2) is 10.7. The summed E-state index contributed by atoms with van der Waals surface area (Å²) in [4.78, 5) is 1.95. The lowest BCUT2D eigenvalue weighted by Crippen LogP contribution is -2.59. The molecule has 35 heavy (non-hydrogen) atoms. The molecule has 1 saturated heterocycles. The minimum atomic E-state index is -1.67. The van der Waals surface area contributed by atoms with Crippen molar-refractivity contribution in [1.82, 2.24) is 14.7 Å². The summed E-state index contributed by atoms with van der Waals surface area (Å²) in [5.74, 6) is -3.93. The fourth-order valence-corrected chi connectivity index (χ4v) is 4.08. The normalized spacial score (nSPS) is 20.7. The SMILES string of the molecule is Cc1cnn(CCOc2cccc(CN3CC[C@H](O)[C@@](O)(COc4cc(F)c(F)c(F)c4)C3)c2)c1. The topological polar surface area (TPSA) is 80.0 Å². The number of ether oxygens (including phenoxy) is 2. The number of benzene rings is 2. The molecule has 1 aliphatic heterocycles. The molecule has 1 aromatic heterocycles. The molecule has 0 radical (unpaired) electrons. The third-order valence-electron chi connectivity index (χ3n) is 5.94. The quantitative estimate of drug-likeness (QED) is 0.448. The van der Waals surface area contributed by atoms with Gasteiger partial charge in [-0.1, -0.05) is 12.1 Å². The number of aromatic nitrogens is 2. The van der Waals surface area contributed by atoms with Gasteiger partial charge in [-0.15, -0.1) is 0 Å². The molecule has 2 aromatic carbocycles. The van der Waals surface area contributed by atoms with Crippen molar-refractivity contribution in [3.05, 3.63) is 77.4 Å². The molecule has 0 bridgehead atoms. The molecule has 7 nitrogen and oxygen atoms in total. The molecule has 2 atom stereocenters. The van der Waals surface area contributed by atoms with Gasteiger partial charge in [-0.05, 0) is 36.6 Å². The molecule has 0 aliphatic carbocycles. The van der Waals surface area contributed by atoms with Crippen LogP contribution in [0.3, 0.4) is 0 Å². The van der Waals surface area contributed by atoms with Crippen LogP contribution in [0, 0.1) is 24.4 Å². The van der Waals surface area contributed by atoms with E-state index in [4.69, 9.17) is 9.47 Å². The molecular formula is C25H28F3N3O4. The van der Waals surface area contributed by atoms with Crippen LogP contribution in [-0.4, -0.2) is 62.9 Å². The molecule has 1 aliphatic rings. The van der Waals surface area contributed by atoms with Gasteiger partial charge < -0.3 is 19.7 Å². The smallest absolute Gasteiger partial charge is 0.194 e. The van der Waals surface area contributed by atoms with Crippen molar-refractivity contribution in [3.8, 4) is 11.5 Å². The van der Waals surface area contributed by atoms with Crippen LogP contribution in [0.1, 0.15) is 17.5 Å². The van der Waals surface area contributed by atoms with E-state index >= 15 is 0 Å². The van der Waals surface area contributed by atoms with Crippen LogP contribution in [0.2, 0.25) is 0 Å². The molecule has 0 spiro atoms. The van der Waals surface area contributed by atoms with Crippen LogP contribution >= 0.6 is 0 Å². The molecule has 10 heteroatoms. The number of hydrogen-bond acceptors (Lipinski definition) is 6. The van der Waals surface area contributed by atoms with Crippen LogP contribution in [0.4, 0.5) is 13.2 Å². The fraction of sp³-hybridized carbons (Fsp3) is 0.400. The summed E-state index contributed by atoms with van der Waals surface area (Å²) < 4.78 is 53.0. The monoisotopic (exact) mass is 491 g/mol. The first-order valence-corrected chi connectivity index (χ1v) is 11.3. The predicted molar refractivity (Wildman–Crippen MR) is 122 cm³/mol. The second-order valence-corrected chi connectivity index (χ2v) is 8.88. The number of β-amino-alcohol motifs (C(OH)–C–C–N with tert-alkyl or cyclic N) is 1. The van der Waals surface area contributed by atoms with Crippen LogP contribution in [0.5, 0.6) is 11.5 Å². The minimum Gasteiger partial charge on any atom is -0.492 e. The van der Waals surface area contributed by atoms with Gasteiger partial charge in [0.25, 0.3) is 0 Å². The predicted octanol–water partition coefficient (Wildman–Crippen LogP) is 3.06. The van der Waals surface area contributed by atoms with Gasteiger partial charge in [0.2, 0.25) is 0 Å². The van der Waals surface area contributed by atoms with E-state index in [2.05, 4.69) is 5.10 Å². The zero-order valence-electron chi connectivity index (χ0n) is 19.3. The maximum absolute atomic E-state index is 13.5. The zero-order chi connectivity index (χ0) is 25.0. The average Bonchev–Trinajstić information content (AvgIpc) is 3.24. The molecule has 0 amide bonds. The number of rotatable bonds is 9. The number of hydrogen-bond donors (Lipinski definition) is 2. The van der Waals surface area contributed by atoms with Gasteiger partial charge in [-0.3, -0.25) is 9.58 Å². The largest absolute Gasteiger partial charge is 0.492 e. The van der Waals surface area contributed by atoms with E-state index in [1.165, 1.54) is 0 Å². The highest BCUT2D eigenvalue weighted by Gasteiger charge is 2.42. The Kier molecular flexibility index (Phi) is 7.63. The van der Waals surface area contributed by atoms with E-state index < -0.39 is 35.8 Å². The number of aliphatic hydroxyl groups excluding tert-OH is 1. The van der Waals surface area contributed by atoms with E-state index in [-0.39, 0.29) is 18.7 Å². The number of halogens is 3. The number of aryl methyl sites for hydroxylation is 1. The van der Waals surface area contributed by atoms with Crippen LogP contribution in [0.25, 0.3) is 0 Å². The molecule has 0 unspecified atom stereocenters. The highest BCUT2D eigenvalue weighted by molar-refractivity contribution is 5.29. The number of piperidine rings is 1. The van der Waals surface area contributed by atoms with Crippen molar-refractivity contribution in [2.75, 3.05) is 26.3 Å². The Balaban J connectivity index is 1.33. The lowest BCUT2D eigenvalue weighted by Gasteiger charge is -2.42. The Morgan fingerprint density at radius 3 is 2.60 bits per heavy atom. The Labute approximate surface area is 201 Å². The maximum atomic E-state index is 13.5. The standard InChI is InChI=1S/C25H28F3N3O4/c1-17-12-29-31(13-17)7-8-34-19-4-2-3-18(9-19)14-30-6-5-23(32)25(33,15-30)16-35-20-10-21(26)24(28)22(27)11-20/h2-4,9-13,23,32-33H,5-8,14-16H2,1H3/t23-,25-/m0/s1. The van der Waals surface area contributed by atoms with Gasteiger partial charge in [0.05, 0.1) is 18.8 Å². The molecular weight excluding hydrogens is 463 g/mol. The maximum Gasteiger partial charge on any atom is 0.194 e. The van der Waals surface area contributed by atoms with Crippen molar-refractivity contribution in [2.45, 2.75) is 38.1 Å². The molecule has 4 rings (SSSR count). The van der Waals surface area contributed by atoms with Crippen LogP contribution in [-0.2, 0) is 13.1 Å². The average molecular weight is 492 g/mol. The van der Waals surface area contributed by atoms with Crippen molar-refractivity contribution < 1.29 is 32.9 Å². The third-order valence-corrected chi connectivity index (χ3v) is 5.94. The summed E-state index contributed by atoms with van der Waals surface area (Å²) >= 11 is 0. The lowest BCUT2D eigenvalue weighted by molar-refractivity contribution is -0.140. The number of aliphatic hydroxyl groups is 2. The molecule has 2 heterocycles. The summed E-state index contributed by atoms with van der Waals surface area (Å²) in [5, 5.41) is 25.6. The minimum absolute atomic E-state index is 0.0735. The summed E-state index contributed by atoms with van der Waals surface area (Å²) in [6, 6.07) is 9.01. The summed E-state index contributed by atoms with van der Waals surface area (Å²) in [7, 11) is 0. The van der Waals surface area contributed by atoms with E-state index in [0.29, 0.717) is 44.1 Å². The third kappa shape index (κ3) is 6.33. The van der Waals surface area contributed by atoms with Gasteiger partial charge in [-0.25, -0.2) is 13.2 Å². The van der Waals surface area contributed by atoms with Gasteiger partial charge in [-0.2, -0.15) is 5.10 Å². The molecule has 2 N–H and O–H groups in total. The Hall–Kier alpha value is -3.08. The van der Waals surface area contributed by atoms with E-state index in [1.54, 1.807) is 6.20 Å². The fourth-order valence-electron chi connectivity index (χ4n) is 4.08. The first kappa shape index (κ1) is 25.0. The van der Waals surface area contributed by atoms with Gasteiger partial charge >= 0.3 is 0 Å². The second-order valence-electron chi connectivity index (χ2n) is 8.88. The van der Waals surface area contributed by atoms with Crippen LogP contribution in [0.15, 0.2) is 48.8 Å². The Bertz CT molecular complexity index is 1140. The number of nitrogens with zero attached hydrogens (tertiary/aromatic N) is 3. The van der Waals surface area contributed by atoms with Crippen molar-refractivity contribution in [3.63, 3.8) is 0 Å². The summed E-state index contributed by atoms with van der Waals surface area (Å²) in [5.41, 5.74) is 0.371. The van der Waals surface area contributed by atoms with Crippen LogP contribution < -0.4 is 9.47 Å². The van der Waals surface area contributed by atoms with Gasteiger partial charge in [0, 0.05) is 38.0 Å².